The Hall–Kier alpha value is -1.95. The van der Waals surface area contributed by atoms with Crippen LogP contribution in [-0.2, 0) is 6.42 Å². The second-order valence-corrected chi connectivity index (χ2v) is 7.12. The second kappa shape index (κ2) is 6.44. The van der Waals surface area contributed by atoms with Crippen molar-refractivity contribution in [3.05, 3.63) is 40.5 Å². The van der Waals surface area contributed by atoms with Crippen molar-refractivity contribution >= 4 is 17.4 Å². The molecular formula is C16H19FN2O2S. The number of nitrogens with one attached hydrogen (secondary N) is 1. The fourth-order valence-electron chi connectivity index (χ4n) is 2.09. The summed E-state index contributed by atoms with van der Waals surface area (Å²) in [5.74, 6) is -0.310. The number of aromatic nitrogens is 1. The van der Waals surface area contributed by atoms with Crippen molar-refractivity contribution in [1.82, 2.24) is 10.3 Å². The Balaban J connectivity index is 2.20. The summed E-state index contributed by atoms with van der Waals surface area (Å²) in [6, 6.07) is 6.23. The number of halogens is 1. The highest BCUT2D eigenvalue weighted by Crippen LogP contribution is 2.28. The van der Waals surface area contributed by atoms with Gasteiger partial charge in [-0.05, 0) is 17.5 Å². The van der Waals surface area contributed by atoms with Gasteiger partial charge in [0.25, 0.3) is 0 Å². The van der Waals surface area contributed by atoms with Gasteiger partial charge in [-0.1, -0.05) is 32.9 Å². The molecule has 6 heteroatoms. The monoisotopic (exact) mass is 322 g/mol. The van der Waals surface area contributed by atoms with E-state index in [2.05, 4.69) is 10.3 Å². The van der Waals surface area contributed by atoms with Gasteiger partial charge in [0.15, 0.2) is 0 Å². The summed E-state index contributed by atoms with van der Waals surface area (Å²) in [6.45, 7) is 5.91. The summed E-state index contributed by atoms with van der Waals surface area (Å²) >= 11 is 1.41. The SMILES string of the molecule is CC(C)(C)C(Cc1nc(-c2ccccc2F)cs1)NC(=O)O. The summed E-state index contributed by atoms with van der Waals surface area (Å²) in [5, 5.41) is 14.1. The Morgan fingerprint density at radius 3 is 2.68 bits per heavy atom. The fourth-order valence-corrected chi connectivity index (χ4v) is 2.94. The normalized spacial score (nSPS) is 12.9. The number of hydrogen-bond donors (Lipinski definition) is 2. The number of amides is 1. The molecule has 2 rings (SSSR count). The van der Waals surface area contributed by atoms with Gasteiger partial charge in [-0.15, -0.1) is 11.3 Å². The molecular weight excluding hydrogens is 303 g/mol. The van der Waals surface area contributed by atoms with E-state index in [9.17, 15) is 9.18 Å². The second-order valence-electron chi connectivity index (χ2n) is 6.18. The Bertz CT molecular complexity index is 664. The number of hydrogen-bond acceptors (Lipinski definition) is 3. The quantitative estimate of drug-likeness (QED) is 0.888. The molecule has 0 radical (unpaired) electrons. The molecule has 2 aromatic rings. The van der Waals surface area contributed by atoms with Crippen molar-refractivity contribution in [2.24, 2.45) is 5.41 Å². The first kappa shape index (κ1) is 16.4. The minimum atomic E-state index is -1.05. The first-order valence-electron chi connectivity index (χ1n) is 6.96. The van der Waals surface area contributed by atoms with E-state index < -0.39 is 6.09 Å². The Morgan fingerprint density at radius 1 is 1.41 bits per heavy atom. The maximum absolute atomic E-state index is 13.8. The molecule has 1 heterocycles. The van der Waals surface area contributed by atoms with Crippen molar-refractivity contribution in [2.75, 3.05) is 0 Å². The lowest BCUT2D eigenvalue weighted by Gasteiger charge is -2.29. The predicted molar refractivity (Wildman–Crippen MR) is 85.6 cm³/mol. The van der Waals surface area contributed by atoms with Crippen LogP contribution >= 0.6 is 11.3 Å². The molecule has 0 saturated carbocycles. The van der Waals surface area contributed by atoms with E-state index in [1.807, 2.05) is 20.8 Å². The number of carbonyl (C=O) groups is 1. The molecule has 1 aromatic carbocycles. The zero-order valence-electron chi connectivity index (χ0n) is 12.8. The summed E-state index contributed by atoms with van der Waals surface area (Å²) in [6.07, 6.45) is -0.569. The van der Waals surface area contributed by atoms with Gasteiger partial charge in [0.05, 0.1) is 10.7 Å². The van der Waals surface area contributed by atoms with Crippen LogP contribution in [0.5, 0.6) is 0 Å². The molecule has 0 fully saturated rings. The van der Waals surface area contributed by atoms with E-state index in [4.69, 9.17) is 5.11 Å². The Kier molecular flexibility index (Phi) is 4.81. The first-order chi connectivity index (χ1) is 10.3. The average Bonchev–Trinajstić information content (AvgIpc) is 2.85. The maximum atomic E-state index is 13.8. The standard InChI is InChI=1S/C16H19FN2O2S/c1-16(2,3)13(19-15(20)21)8-14-18-12(9-22-14)10-6-4-5-7-11(10)17/h4-7,9,13,19H,8H2,1-3H3,(H,20,21). The number of carboxylic acid groups (broad SMARTS) is 1. The van der Waals surface area contributed by atoms with Gasteiger partial charge in [-0.25, -0.2) is 14.2 Å². The minimum absolute atomic E-state index is 0.234. The largest absolute Gasteiger partial charge is 0.465 e. The topological polar surface area (TPSA) is 62.2 Å². The number of nitrogens with zero attached hydrogens (tertiary/aromatic N) is 1. The van der Waals surface area contributed by atoms with E-state index in [1.54, 1.807) is 23.6 Å². The van der Waals surface area contributed by atoms with Gasteiger partial charge in [0.1, 0.15) is 5.82 Å². The predicted octanol–water partition coefficient (Wildman–Crippen LogP) is 4.17. The third kappa shape index (κ3) is 4.04. The summed E-state index contributed by atoms with van der Waals surface area (Å²) in [4.78, 5) is 15.4. The van der Waals surface area contributed by atoms with E-state index >= 15 is 0 Å². The zero-order chi connectivity index (χ0) is 16.3. The third-order valence-corrected chi connectivity index (χ3v) is 4.29. The van der Waals surface area contributed by atoms with Crippen LogP contribution in [0.3, 0.4) is 0 Å². The van der Waals surface area contributed by atoms with Crippen molar-refractivity contribution in [2.45, 2.75) is 33.2 Å². The lowest BCUT2D eigenvalue weighted by Crippen LogP contribution is -2.44. The average molecular weight is 322 g/mol. The van der Waals surface area contributed by atoms with Gasteiger partial charge in [-0.2, -0.15) is 0 Å². The molecule has 2 N–H and O–H groups in total. The molecule has 0 aliphatic heterocycles. The fraction of sp³-hybridized carbons (Fsp3) is 0.375. The molecule has 0 bridgehead atoms. The van der Waals surface area contributed by atoms with Crippen LogP contribution in [0, 0.1) is 11.2 Å². The van der Waals surface area contributed by atoms with Crippen LogP contribution in [0.2, 0.25) is 0 Å². The molecule has 22 heavy (non-hydrogen) atoms. The highest BCUT2D eigenvalue weighted by atomic mass is 32.1. The third-order valence-electron chi connectivity index (χ3n) is 3.42. The molecule has 1 amide bonds. The van der Waals surface area contributed by atoms with Gasteiger partial charge in [-0.3, -0.25) is 0 Å². The van der Waals surface area contributed by atoms with Crippen molar-refractivity contribution in [3.63, 3.8) is 0 Å². The smallest absolute Gasteiger partial charge is 0.404 e. The molecule has 0 saturated heterocycles. The lowest BCUT2D eigenvalue weighted by molar-refractivity contribution is 0.174. The van der Waals surface area contributed by atoms with E-state index in [0.29, 0.717) is 17.7 Å². The minimum Gasteiger partial charge on any atom is -0.465 e. The van der Waals surface area contributed by atoms with Crippen LogP contribution in [0.4, 0.5) is 9.18 Å². The van der Waals surface area contributed by atoms with Crippen LogP contribution in [0.25, 0.3) is 11.3 Å². The summed E-state index contributed by atoms with van der Waals surface area (Å²) in [5.41, 5.74) is 0.812. The maximum Gasteiger partial charge on any atom is 0.404 e. The van der Waals surface area contributed by atoms with E-state index in [1.165, 1.54) is 17.4 Å². The lowest BCUT2D eigenvalue weighted by atomic mass is 9.85. The van der Waals surface area contributed by atoms with E-state index in [-0.39, 0.29) is 17.3 Å². The molecule has 0 aliphatic rings. The zero-order valence-corrected chi connectivity index (χ0v) is 13.6. The molecule has 0 aliphatic carbocycles. The molecule has 1 atom stereocenters. The molecule has 4 nitrogen and oxygen atoms in total. The van der Waals surface area contributed by atoms with Gasteiger partial charge >= 0.3 is 6.09 Å². The Labute approximate surface area is 133 Å². The van der Waals surface area contributed by atoms with Gasteiger partial charge in [0.2, 0.25) is 0 Å². The van der Waals surface area contributed by atoms with Gasteiger partial charge < -0.3 is 10.4 Å². The number of rotatable bonds is 4. The summed E-state index contributed by atoms with van der Waals surface area (Å²) < 4.78 is 13.8. The van der Waals surface area contributed by atoms with Crippen LogP contribution < -0.4 is 5.32 Å². The van der Waals surface area contributed by atoms with Crippen molar-refractivity contribution in [1.29, 1.82) is 0 Å². The first-order valence-corrected chi connectivity index (χ1v) is 7.84. The van der Waals surface area contributed by atoms with Crippen LogP contribution in [0.15, 0.2) is 29.6 Å². The molecule has 1 unspecified atom stereocenters. The highest BCUT2D eigenvalue weighted by Gasteiger charge is 2.27. The molecule has 0 spiro atoms. The molecule has 118 valence electrons. The number of benzene rings is 1. The van der Waals surface area contributed by atoms with Crippen LogP contribution in [0.1, 0.15) is 25.8 Å². The number of thiazole rings is 1. The Morgan fingerprint density at radius 2 is 2.09 bits per heavy atom. The van der Waals surface area contributed by atoms with Crippen LogP contribution in [-0.4, -0.2) is 22.2 Å². The van der Waals surface area contributed by atoms with Crippen molar-refractivity contribution in [3.8, 4) is 11.3 Å². The molecule has 1 aromatic heterocycles. The van der Waals surface area contributed by atoms with E-state index in [0.717, 1.165) is 5.01 Å². The van der Waals surface area contributed by atoms with Crippen molar-refractivity contribution < 1.29 is 14.3 Å². The summed E-state index contributed by atoms with van der Waals surface area (Å²) in [7, 11) is 0. The highest BCUT2D eigenvalue weighted by molar-refractivity contribution is 7.09. The van der Waals surface area contributed by atoms with Gasteiger partial charge in [0, 0.05) is 23.4 Å².